The number of rotatable bonds is 6. The summed E-state index contributed by atoms with van der Waals surface area (Å²) < 4.78 is 45.6. The van der Waals surface area contributed by atoms with Gasteiger partial charge < -0.3 is 19.9 Å². The van der Waals surface area contributed by atoms with E-state index in [0.29, 0.717) is 18.8 Å². The predicted octanol–water partition coefficient (Wildman–Crippen LogP) is 4.50. The van der Waals surface area contributed by atoms with E-state index in [2.05, 4.69) is 10.3 Å². The Bertz CT molecular complexity index is 843. The molecule has 1 saturated heterocycles. The Labute approximate surface area is 180 Å². The minimum atomic E-state index is -4.44. The van der Waals surface area contributed by atoms with E-state index < -0.39 is 24.7 Å². The molecule has 1 amide bonds. The highest BCUT2D eigenvalue weighted by molar-refractivity contribution is 5.98. The van der Waals surface area contributed by atoms with Crippen LogP contribution in [0.5, 0.6) is 0 Å². The van der Waals surface area contributed by atoms with E-state index in [1.54, 1.807) is 6.07 Å². The number of para-hydroxylation sites is 1. The number of amides is 1. The van der Waals surface area contributed by atoms with Crippen LogP contribution in [0.2, 0.25) is 0 Å². The molecule has 2 N–H and O–H groups in total. The van der Waals surface area contributed by atoms with E-state index in [1.165, 1.54) is 0 Å². The molecule has 1 aromatic heterocycles. The zero-order valence-electron chi connectivity index (χ0n) is 17.6. The molecule has 2 heterocycles. The lowest BCUT2D eigenvalue weighted by molar-refractivity contribution is -0.146. The lowest BCUT2D eigenvalue weighted by Crippen LogP contribution is -2.50. The number of fused-ring (bicyclic) bond motifs is 1. The molecule has 1 aliphatic carbocycles. The fourth-order valence-electron chi connectivity index (χ4n) is 4.82. The van der Waals surface area contributed by atoms with Crippen molar-refractivity contribution in [1.29, 1.82) is 0 Å². The maximum Gasteiger partial charge on any atom is 0.406 e. The van der Waals surface area contributed by atoms with Crippen molar-refractivity contribution in [2.24, 2.45) is 5.92 Å². The van der Waals surface area contributed by atoms with Crippen LogP contribution >= 0.6 is 0 Å². The second kappa shape index (κ2) is 9.61. The number of alkyl halides is 3. The molecular weight excluding hydrogens is 407 g/mol. The number of aromatic amines is 1. The molecule has 5 nitrogen and oxygen atoms in total. The summed E-state index contributed by atoms with van der Waals surface area (Å²) in [5, 5.41) is 4.37. The molecule has 1 saturated carbocycles. The summed E-state index contributed by atoms with van der Waals surface area (Å²) in [5.41, 5.74) is 0.959. The summed E-state index contributed by atoms with van der Waals surface area (Å²) in [6.07, 6.45) is 0.474. The molecule has 1 aliphatic heterocycles. The Kier molecular flexibility index (Phi) is 6.86. The van der Waals surface area contributed by atoms with Crippen molar-refractivity contribution in [2.75, 3.05) is 26.3 Å². The van der Waals surface area contributed by atoms with Gasteiger partial charge in [0, 0.05) is 36.2 Å². The third kappa shape index (κ3) is 5.80. The molecule has 2 fully saturated rings. The number of hydrogen-bond acceptors (Lipinski definition) is 3. The molecular formula is C23H30F3N3O2. The Hall–Kier alpha value is -2.06. The summed E-state index contributed by atoms with van der Waals surface area (Å²) in [6.45, 7) is 1.19. The van der Waals surface area contributed by atoms with Crippen LogP contribution in [0.4, 0.5) is 13.2 Å². The minimum Gasteiger partial charge on any atom is -0.381 e. The van der Waals surface area contributed by atoms with Crippen molar-refractivity contribution in [3.8, 4) is 0 Å². The van der Waals surface area contributed by atoms with Crippen molar-refractivity contribution in [2.45, 2.75) is 56.8 Å². The topological polar surface area (TPSA) is 57.4 Å². The van der Waals surface area contributed by atoms with Gasteiger partial charge in [-0.3, -0.25) is 4.79 Å². The summed E-state index contributed by atoms with van der Waals surface area (Å²) in [5.74, 6) is -0.0306. The van der Waals surface area contributed by atoms with Gasteiger partial charge in [0.1, 0.15) is 12.2 Å². The number of carbonyl (C=O) groups excluding carboxylic acids is 1. The zero-order chi connectivity index (χ0) is 21.8. The fraction of sp³-hybridized carbons (Fsp3) is 0.609. The average molecular weight is 438 g/mol. The van der Waals surface area contributed by atoms with Crippen LogP contribution in [0.25, 0.3) is 10.9 Å². The minimum absolute atomic E-state index is 0.132. The highest BCUT2D eigenvalue weighted by atomic mass is 19.4. The molecule has 8 heteroatoms. The van der Waals surface area contributed by atoms with Crippen molar-refractivity contribution < 1.29 is 22.7 Å². The lowest BCUT2D eigenvalue weighted by atomic mass is 9.89. The first-order valence-electron chi connectivity index (χ1n) is 11.2. The zero-order valence-corrected chi connectivity index (χ0v) is 17.6. The fourth-order valence-corrected chi connectivity index (χ4v) is 4.82. The predicted molar refractivity (Wildman–Crippen MR) is 113 cm³/mol. The monoisotopic (exact) mass is 437 g/mol. The average Bonchev–Trinajstić information content (AvgIpc) is 3.20. The van der Waals surface area contributed by atoms with Crippen molar-refractivity contribution in [1.82, 2.24) is 15.2 Å². The number of nitrogens with one attached hydrogen (secondary N) is 2. The van der Waals surface area contributed by atoms with E-state index >= 15 is 0 Å². The van der Waals surface area contributed by atoms with Crippen LogP contribution in [0.1, 0.15) is 49.0 Å². The molecule has 2 aliphatic rings. The summed E-state index contributed by atoms with van der Waals surface area (Å²) >= 11 is 0. The SMILES string of the molecule is O=C(c1cc2ccccc2[nH]1)N(CC(F)(F)F)C1CCC[C@@H](NCC2CCOCC2)C1. The molecule has 1 aromatic carbocycles. The van der Waals surface area contributed by atoms with Gasteiger partial charge in [-0.05, 0) is 63.1 Å². The number of carbonyl (C=O) groups is 1. The van der Waals surface area contributed by atoms with Gasteiger partial charge in [-0.1, -0.05) is 18.2 Å². The maximum atomic E-state index is 13.4. The van der Waals surface area contributed by atoms with E-state index in [0.717, 1.165) is 61.2 Å². The molecule has 0 spiro atoms. The first-order chi connectivity index (χ1) is 14.9. The van der Waals surface area contributed by atoms with E-state index in [9.17, 15) is 18.0 Å². The number of hydrogen-bond donors (Lipinski definition) is 2. The Morgan fingerprint density at radius 3 is 2.68 bits per heavy atom. The lowest BCUT2D eigenvalue weighted by Gasteiger charge is -2.38. The Morgan fingerprint density at radius 2 is 1.94 bits per heavy atom. The molecule has 31 heavy (non-hydrogen) atoms. The van der Waals surface area contributed by atoms with Crippen LogP contribution in [0.3, 0.4) is 0 Å². The Morgan fingerprint density at radius 1 is 1.16 bits per heavy atom. The number of halogens is 3. The third-order valence-electron chi connectivity index (χ3n) is 6.49. The largest absolute Gasteiger partial charge is 0.406 e. The van der Waals surface area contributed by atoms with Crippen LogP contribution in [0.15, 0.2) is 30.3 Å². The first-order valence-corrected chi connectivity index (χ1v) is 11.2. The standard InChI is InChI=1S/C23H30F3N3O2/c24-23(25,26)15-29(22(30)21-12-17-4-1-2-7-20(17)28-21)19-6-3-5-18(13-19)27-14-16-8-10-31-11-9-16/h1-2,4,7,12,16,18-19,27-28H,3,5-6,8-11,13-15H2/t18-,19?/m1/s1. The van der Waals surface area contributed by atoms with E-state index in [-0.39, 0.29) is 11.7 Å². The normalized spacial score (nSPS) is 23.2. The summed E-state index contributed by atoms with van der Waals surface area (Å²) in [6, 6.07) is 8.67. The molecule has 2 aromatic rings. The molecule has 2 atom stereocenters. The molecule has 0 bridgehead atoms. The Balaban J connectivity index is 1.46. The second-order valence-electron chi connectivity index (χ2n) is 8.80. The number of nitrogens with zero attached hydrogens (tertiary/aromatic N) is 1. The van der Waals surface area contributed by atoms with Crippen molar-refractivity contribution in [3.05, 3.63) is 36.0 Å². The van der Waals surface area contributed by atoms with Crippen LogP contribution in [0, 0.1) is 5.92 Å². The van der Waals surface area contributed by atoms with Gasteiger partial charge in [0.15, 0.2) is 0 Å². The smallest absolute Gasteiger partial charge is 0.381 e. The summed E-state index contributed by atoms with van der Waals surface area (Å²) in [7, 11) is 0. The third-order valence-corrected chi connectivity index (χ3v) is 6.49. The molecule has 4 rings (SSSR count). The van der Waals surface area contributed by atoms with Gasteiger partial charge in [0.2, 0.25) is 0 Å². The van der Waals surface area contributed by atoms with Gasteiger partial charge in [-0.15, -0.1) is 0 Å². The highest BCUT2D eigenvalue weighted by Crippen LogP contribution is 2.29. The second-order valence-corrected chi connectivity index (χ2v) is 8.80. The van der Waals surface area contributed by atoms with Crippen LogP contribution in [-0.4, -0.2) is 60.4 Å². The van der Waals surface area contributed by atoms with E-state index in [1.807, 2.05) is 24.3 Å². The number of H-pyrrole nitrogens is 1. The molecule has 0 radical (unpaired) electrons. The highest BCUT2D eigenvalue weighted by Gasteiger charge is 2.39. The van der Waals surface area contributed by atoms with Crippen LogP contribution < -0.4 is 5.32 Å². The number of ether oxygens (including phenoxy) is 1. The van der Waals surface area contributed by atoms with Gasteiger partial charge in [0.25, 0.3) is 5.91 Å². The van der Waals surface area contributed by atoms with Gasteiger partial charge in [-0.25, -0.2) is 0 Å². The molecule has 170 valence electrons. The van der Waals surface area contributed by atoms with Gasteiger partial charge >= 0.3 is 6.18 Å². The van der Waals surface area contributed by atoms with Gasteiger partial charge in [-0.2, -0.15) is 13.2 Å². The summed E-state index contributed by atoms with van der Waals surface area (Å²) in [4.78, 5) is 17.2. The maximum absolute atomic E-state index is 13.4. The first kappa shape index (κ1) is 22.1. The van der Waals surface area contributed by atoms with Crippen molar-refractivity contribution >= 4 is 16.8 Å². The van der Waals surface area contributed by atoms with E-state index in [4.69, 9.17) is 4.74 Å². The van der Waals surface area contributed by atoms with Crippen molar-refractivity contribution in [3.63, 3.8) is 0 Å². The number of benzene rings is 1. The molecule has 1 unspecified atom stereocenters. The quantitative estimate of drug-likeness (QED) is 0.700. The van der Waals surface area contributed by atoms with Crippen LogP contribution in [-0.2, 0) is 4.74 Å². The van der Waals surface area contributed by atoms with Gasteiger partial charge in [0.05, 0.1) is 0 Å². The number of aromatic nitrogens is 1.